The molecule has 32 heavy (non-hydrogen) atoms. The van der Waals surface area contributed by atoms with Gasteiger partial charge in [0.15, 0.2) is 17.9 Å². The number of benzene rings is 2. The molecule has 1 heterocycles. The number of thiazole rings is 1. The van der Waals surface area contributed by atoms with E-state index in [1.165, 1.54) is 10.9 Å². The lowest BCUT2D eigenvalue weighted by molar-refractivity contribution is 0.111. The lowest BCUT2D eigenvalue weighted by atomic mass is 10.1. The number of nitrogens with one attached hydrogen (secondary N) is 2. The Kier molecular flexibility index (Phi) is 7.01. The zero-order valence-electron chi connectivity index (χ0n) is 15.6. The van der Waals surface area contributed by atoms with Gasteiger partial charge in [0.05, 0.1) is 16.1 Å². The number of sulfonamides is 1. The minimum Gasteiger partial charge on any atom is -0.409 e. The number of ether oxygens (including phenoxy) is 1. The second kappa shape index (κ2) is 9.54. The average Bonchev–Trinajstić information content (AvgIpc) is 3.23. The van der Waals surface area contributed by atoms with Crippen LogP contribution < -0.4 is 14.8 Å². The quantitative estimate of drug-likeness (QED) is 0.467. The SMILES string of the molecule is O=Cc1c(F)ccc(F)c1CNC(=O)Oc1cc(F)c(S(=O)(=O)Nc2cscn2)cc1Cl. The number of hydrogen-bond acceptors (Lipinski definition) is 7. The normalized spacial score (nSPS) is 11.1. The Morgan fingerprint density at radius 1 is 1.19 bits per heavy atom. The summed E-state index contributed by atoms with van der Waals surface area (Å²) in [7, 11) is -4.38. The number of aromatic nitrogens is 1. The Balaban J connectivity index is 1.75. The first-order valence-electron chi connectivity index (χ1n) is 8.40. The molecule has 2 aromatic carbocycles. The van der Waals surface area contributed by atoms with Gasteiger partial charge in [-0.15, -0.1) is 11.3 Å². The van der Waals surface area contributed by atoms with Crippen molar-refractivity contribution in [3.8, 4) is 5.75 Å². The van der Waals surface area contributed by atoms with E-state index < -0.39 is 66.9 Å². The maximum Gasteiger partial charge on any atom is 0.412 e. The number of aldehydes is 1. The summed E-state index contributed by atoms with van der Waals surface area (Å²) in [5.41, 5.74) is 0.352. The van der Waals surface area contributed by atoms with Crippen LogP contribution >= 0.6 is 22.9 Å². The molecule has 0 aliphatic heterocycles. The molecule has 1 amide bonds. The monoisotopic (exact) mass is 505 g/mol. The molecule has 168 valence electrons. The fraction of sp³-hybridized carbons (Fsp3) is 0.0556. The number of anilines is 1. The molecule has 8 nitrogen and oxygen atoms in total. The average molecular weight is 506 g/mol. The number of rotatable bonds is 7. The summed E-state index contributed by atoms with van der Waals surface area (Å²) >= 11 is 7.02. The van der Waals surface area contributed by atoms with Crippen LogP contribution in [0, 0.1) is 17.5 Å². The second-order valence-corrected chi connectivity index (χ2v) is 8.75. The first-order valence-corrected chi connectivity index (χ1v) is 11.2. The van der Waals surface area contributed by atoms with Crippen molar-refractivity contribution in [3.05, 3.63) is 68.8 Å². The molecule has 0 saturated heterocycles. The Morgan fingerprint density at radius 2 is 1.91 bits per heavy atom. The van der Waals surface area contributed by atoms with Crippen molar-refractivity contribution in [2.24, 2.45) is 0 Å². The van der Waals surface area contributed by atoms with E-state index in [-0.39, 0.29) is 12.1 Å². The summed E-state index contributed by atoms with van der Waals surface area (Å²) in [5, 5.41) is 3.03. The molecular weight excluding hydrogens is 495 g/mol. The van der Waals surface area contributed by atoms with E-state index in [2.05, 4.69) is 15.0 Å². The highest BCUT2D eigenvalue weighted by Gasteiger charge is 2.24. The zero-order chi connectivity index (χ0) is 23.5. The van der Waals surface area contributed by atoms with Crippen LogP contribution in [0.1, 0.15) is 15.9 Å². The number of carbonyl (C=O) groups is 2. The summed E-state index contributed by atoms with van der Waals surface area (Å²) in [6.07, 6.45) is -1.16. The van der Waals surface area contributed by atoms with E-state index >= 15 is 0 Å². The third-order valence-corrected chi connectivity index (χ3v) is 6.18. The predicted octanol–water partition coefficient (Wildman–Crippen LogP) is 4.12. The highest BCUT2D eigenvalue weighted by atomic mass is 35.5. The molecule has 0 bridgehead atoms. The van der Waals surface area contributed by atoms with E-state index in [0.717, 1.165) is 29.5 Å². The first-order chi connectivity index (χ1) is 15.1. The number of amides is 1. The lowest BCUT2D eigenvalue weighted by Gasteiger charge is -2.12. The summed E-state index contributed by atoms with van der Waals surface area (Å²) in [6.45, 7) is -0.624. The number of hydrogen-bond donors (Lipinski definition) is 2. The van der Waals surface area contributed by atoms with Gasteiger partial charge in [0.25, 0.3) is 10.0 Å². The smallest absolute Gasteiger partial charge is 0.409 e. The van der Waals surface area contributed by atoms with E-state index in [9.17, 15) is 31.2 Å². The molecule has 3 rings (SSSR count). The van der Waals surface area contributed by atoms with Crippen LogP contribution in [0.25, 0.3) is 0 Å². The van der Waals surface area contributed by atoms with Crippen molar-refractivity contribution in [1.29, 1.82) is 0 Å². The van der Waals surface area contributed by atoms with Crippen molar-refractivity contribution in [3.63, 3.8) is 0 Å². The van der Waals surface area contributed by atoms with Crippen LogP contribution in [-0.4, -0.2) is 25.8 Å². The molecule has 0 atom stereocenters. The van der Waals surface area contributed by atoms with Crippen molar-refractivity contribution >= 4 is 51.2 Å². The largest absolute Gasteiger partial charge is 0.412 e. The third-order valence-electron chi connectivity index (χ3n) is 3.92. The molecule has 0 aliphatic carbocycles. The summed E-state index contributed by atoms with van der Waals surface area (Å²) in [5.74, 6) is -3.77. The Bertz CT molecular complexity index is 1290. The van der Waals surface area contributed by atoms with Crippen LogP contribution in [0.2, 0.25) is 5.02 Å². The molecule has 0 saturated carbocycles. The highest BCUT2D eigenvalue weighted by Crippen LogP contribution is 2.31. The molecule has 0 spiro atoms. The van der Waals surface area contributed by atoms with Gasteiger partial charge >= 0.3 is 6.09 Å². The summed E-state index contributed by atoms with van der Waals surface area (Å²) < 4.78 is 73.4. The number of nitrogens with zero attached hydrogens (tertiary/aromatic N) is 1. The maximum atomic E-state index is 14.4. The van der Waals surface area contributed by atoms with Crippen molar-refractivity contribution < 1.29 is 35.9 Å². The molecule has 0 fully saturated rings. The van der Waals surface area contributed by atoms with Crippen LogP contribution in [0.15, 0.2) is 40.1 Å². The van der Waals surface area contributed by atoms with E-state index in [1.54, 1.807) is 0 Å². The van der Waals surface area contributed by atoms with E-state index in [1.807, 2.05) is 0 Å². The van der Waals surface area contributed by atoms with Gasteiger partial charge < -0.3 is 10.1 Å². The van der Waals surface area contributed by atoms with Gasteiger partial charge in [-0.1, -0.05) is 11.6 Å². The topological polar surface area (TPSA) is 114 Å². The Labute approximate surface area is 188 Å². The second-order valence-electron chi connectivity index (χ2n) is 5.97. The van der Waals surface area contributed by atoms with Crippen LogP contribution in [0.5, 0.6) is 5.75 Å². The maximum absolute atomic E-state index is 14.4. The van der Waals surface area contributed by atoms with Gasteiger partial charge in [-0.05, 0) is 18.2 Å². The van der Waals surface area contributed by atoms with Gasteiger partial charge in [-0.3, -0.25) is 9.52 Å². The van der Waals surface area contributed by atoms with Gasteiger partial charge in [-0.2, -0.15) is 0 Å². The Morgan fingerprint density at radius 3 is 2.56 bits per heavy atom. The number of carbonyl (C=O) groups excluding carboxylic acids is 2. The zero-order valence-corrected chi connectivity index (χ0v) is 18.0. The van der Waals surface area contributed by atoms with E-state index in [4.69, 9.17) is 16.3 Å². The van der Waals surface area contributed by atoms with Gasteiger partial charge in [0.1, 0.15) is 22.3 Å². The molecule has 0 radical (unpaired) electrons. The fourth-order valence-corrected chi connectivity index (χ4v) is 4.37. The lowest BCUT2D eigenvalue weighted by Crippen LogP contribution is -2.27. The molecule has 0 unspecified atom stereocenters. The highest BCUT2D eigenvalue weighted by molar-refractivity contribution is 7.92. The molecule has 2 N–H and O–H groups in total. The summed E-state index contributed by atoms with van der Waals surface area (Å²) in [4.78, 5) is 25.9. The molecular formula is C18H11ClF3N3O5S2. The molecule has 0 aliphatic rings. The van der Waals surface area contributed by atoms with Crippen molar-refractivity contribution in [2.45, 2.75) is 11.4 Å². The minimum atomic E-state index is -4.38. The van der Waals surface area contributed by atoms with Crippen molar-refractivity contribution in [1.82, 2.24) is 10.3 Å². The van der Waals surface area contributed by atoms with Gasteiger partial charge in [0.2, 0.25) is 0 Å². The first kappa shape index (κ1) is 23.5. The molecule has 1 aromatic heterocycles. The van der Waals surface area contributed by atoms with E-state index in [0.29, 0.717) is 6.07 Å². The van der Waals surface area contributed by atoms with Crippen LogP contribution in [0.3, 0.4) is 0 Å². The van der Waals surface area contributed by atoms with Gasteiger partial charge in [0, 0.05) is 23.6 Å². The third kappa shape index (κ3) is 5.18. The van der Waals surface area contributed by atoms with Crippen LogP contribution in [0.4, 0.5) is 23.8 Å². The standard InChI is InChI=1S/C18H11ClF3N3O5S2/c19-11-3-16(32(28,29)25-17-7-31-8-24-17)14(22)4-15(11)30-18(27)23-5-9-10(6-26)13(21)2-1-12(9)20/h1-4,6-8,25H,5H2,(H,23,27). The van der Waals surface area contributed by atoms with Crippen molar-refractivity contribution in [2.75, 3.05) is 4.72 Å². The Hall–Kier alpha value is -3.16. The fourth-order valence-electron chi connectivity index (χ4n) is 2.46. The molecule has 3 aromatic rings. The molecule has 14 heteroatoms. The minimum absolute atomic E-state index is 0.0236. The van der Waals surface area contributed by atoms with Crippen LogP contribution in [-0.2, 0) is 16.6 Å². The predicted molar refractivity (Wildman–Crippen MR) is 109 cm³/mol. The van der Waals surface area contributed by atoms with Gasteiger partial charge in [-0.25, -0.2) is 31.4 Å². The number of halogens is 4. The summed E-state index contributed by atoms with van der Waals surface area (Å²) in [6, 6.07) is 2.82.